The summed E-state index contributed by atoms with van der Waals surface area (Å²) in [6, 6.07) is 10.9. The Hall–Kier alpha value is -0.840. The Balaban J connectivity index is 2.26. The fourth-order valence-corrected chi connectivity index (χ4v) is 3.88. The van der Waals surface area contributed by atoms with Gasteiger partial charge < -0.3 is 10.1 Å². The van der Waals surface area contributed by atoms with E-state index in [0.29, 0.717) is 6.61 Å². The lowest BCUT2D eigenvalue weighted by Crippen LogP contribution is -2.22. The monoisotopic (exact) mass is 367 g/mol. The maximum Gasteiger partial charge on any atom is 0.119 e. The summed E-state index contributed by atoms with van der Waals surface area (Å²) in [6.45, 7) is 8.05. The minimum Gasteiger partial charge on any atom is -0.494 e. The van der Waals surface area contributed by atoms with Crippen LogP contribution in [0.3, 0.4) is 0 Å². The van der Waals surface area contributed by atoms with E-state index < -0.39 is 0 Å². The fraction of sp³-hybridized carbons (Fsp3) is 0.412. The van der Waals surface area contributed by atoms with Crippen LogP contribution in [0, 0.1) is 6.92 Å². The number of halogens is 1. The van der Waals surface area contributed by atoms with Crippen LogP contribution < -0.4 is 10.1 Å². The van der Waals surface area contributed by atoms with Gasteiger partial charge in [-0.3, -0.25) is 0 Å². The van der Waals surface area contributed by atoms with Gasteiger partial charge in [-0.2, -0.15) is 0 Å². The SMILES string of the molecule is CCCNC(c1ccc(OCC)cc1)c1cc(Br)c(C)s1. The van der Waals surface area contributed by atoms with Crippen LogP contribution in [-0.4, -0.2) is 13.2 Å². The number of rotatable bonds is 7. The van der Waals surface area contributed by atoms with Crippen LogP contribution in [0.1, 0.15) is 41.6 Å². The molecular formula is C17H22BrNOS. The van der Waals surface area contributed by atoms with E-state index in [1.54, 1.807) is 0 Å². The standard InChI is InChI=1S/C17H22BrNOS/c1-4-10-19-17(16-11-15(18)12(3)21-16)13-6-8-14(9-7-13)20-5-2/h6-9,11,17,19H,4-5,10H2,1-3H3. The zero-order valence-corrected chi connectivity index (χ0v) is 15.2. The van der Waals surface area contributed by atoms with Crippen LogP contribution in [0.15, 0.2) is 34.8 Å². The average molecular weight is 368 g/mol. The normalized spacial score (nSPS) is 12.4. The Kier molecular flexibility index (Phi) is 6.27. The third-order valence-electron chi connectivity index (χ3n) is 3.28. The van der Waals surface area contributed by atoms with Gasteiger partial charge in [0, 0.05) is 14.2 Å². The predicted octanol–water partition coefficient (Wildman–Crippen LogP) is 5.31. The summed E-state index contributed by atoms with van der Waals surface area (Å²) in [5.74, 6) is 0.930. The molecule has 1 atom stereocenters. The van der Waals surface area contributed by atoms with Crippen molar-refractivity contribution >= 4 is 27.3 Å². The molecule has 1 aromatic carbocycles. The van der Waals surface area contributed by atoms with Gasteiger partial charge in [-0.1, -0.05) is 19.1 Å². The van der Waals surface area contributed by atoms with Gasteiger partial charge >= 0.3 is 0 Å². The molecular weight excluding hydrogens is 346 g/mol. The minimum absolute atomic E-state index is 0.246. The molecule has 0 saturated carbocycles. The third-order valence-corrected chi connectivity index (χ3v) is 5.49. The van der Waals surface area contributed by atoms with E-state index >= 15 is 0 Å². The van der Waals surface area contributed by atoms with Crippen molar-refractivity contribution in [2.45, 2.75) is 33.2 Å². The Morgan fingerprint density at radius 2 is 1.95 bits per heavy atom. The van der Waals surface area contributed by atoms with Gasteiger partial charge in [0.15, 0.2) is 0 Å². The van der Waals surface area contributed by atoms with E-state index in [0.717, 1.165) is 18.7 Å². The molecule has 0 aliphatic rings. The number of hydrogen-bond donors (Lipinski definition) is 1. The number of hydrogen-bond acceptors (Lipinski definition) is 3. The second-order valence-corrected chi connectivity index (χ2v) is 7.08. The fourth-order valence-electron chi connectivity index (χ4n) is 2.22. The third kappa shape index (κ3) is 4.31. The van der Waals surface area contributed by atoms with E-state index in [1.807, 2.05) is 18.3 Å². The molecule has 0 fully saturated rings. The van der Waals surface area contributed by atoms with Crippen LogP contribution in [0.25, 0.3) is 0 Å². The highest BCUT2D eigenvalue weighted by Crippen LogP contribution is 2.34. The Labute approximate surface area is 139 Å². The quantitative estimate of drug-likeness (QED) is 0.715. The van der Waals surface area contributed by atoms with Crippen molar-refractivity contribution in [1.29, 1.82) is 0 Å². The highest BCUT2D eigenvalue weighted by Gasteiger charge is 2.17. The van der Waals surface area contributed by atoms with E-state index in [4.69, 9.17) is 4.74 Å². The second kappa shape index (κ2) is 7.97. The zero-order chi connectivity index (χ0) is 15.2. The topological polar surface area (TPSA) is 21.3 Å². The Morgan fingerprint density at radius 3 is 2.48 bits per heavy atom. The average Bonchev–Trinajstić information content (AvgIpc) is 2.81. The molecule has 0 bridgehead atoms. The van der Waals surface area contributed by atoms with Gasteiger partial charge in [0.2, 0.25) is 0 Å². The number of ether oxygens (including phenoxy) is 1. The van der Waals surface area contributed by atoms with Crippen molar-refractivity contribution in [3.05, 3.63) is 50.1 Å². The molecule has 0 radical (unpaired) electrons. The molecule has 21 heavy (non-hydrogen) atoms. The minimum atomic E-state index is 0.246. The van der Waals surface area contributed by atoms with Crippen LogP contribution in [0.5, 0.6) is 5.75 Å². The van der Waals surface area contributed by atoms with Crippen molar-refractivity contribution in [1.82, 2.24) is 5.32 Å². The predicted molar refractivity (Wildman–Crippen MR) is 94.5 cm³/mol. The highest BCUT2D eigenvalue weighted by molar-refractivity contribution is 9.10. The molecule has 1 N–H and O–H groups in total. The first-order valence-corrected chi connectivity index (χ1v) is 8.98. The smallest absolute Gasteiger partial charge is 0.119 e. The van der Waals surface area contributed by atoms with Gasteiger partial charge in [-0.25, -0.2) is 0 Å². The number of aryl methyl sites for hydroxylation is 1. The molecule has 0 aliphatic heterocycles. The van der Waals surface area contributed by atoms with Crippen LogP contribution in [0.2, 0.25) is 0 Å². The molecule has 2 rings (SSSR count). The summed E-state index contributed by atoms with van der Waals surface area (Å²) >= 11 is 5.46. The van der Waals surface area contributed by atoms with Gasteiger partial charge in [0.25, 0.3) is 0 Å². The molecule has 114 valence electrons. The van der Waals surface area contributed by atoms with Crippen molar-refractivity contribution in [2.24, 2.45) is 0 Å². The van der Waals surface area contributed by atoms with E-state index in [1.165, 1.54) is 19.8 Å². The molecule has 0 saturated heterocycles. The van der Waals surface area contributed by atoms with Crippen molar-refractivity contribution in [3.63, 3.8) is 0 Å². The molecule has 1 aromatic heterocycles. The summed E-state index contributed by atoms with van der Waals surface area (Å²) in [4.78, 5) is 2.66. The number of nitrogens with one attached hydrogen (secondary N) is 1. The largest absolute Gasteiger partial charge is 0.494 e. The molecule has 1 unspecified atom stereocenters. The first-order chi connectivity index (χ1) is 10.2. The van der Waals surface area contributed by atoms with Crippen molar-refractivity contribution in [3.8, 4) is 5.75 Å². The lowest BCUT2D eigenvalue weighted by Gasteiger charge is -2.18. The van der Waals surface area contributed by atoms with E-state index in [2.05, 4.69) is 65.4 Å². The van der Waals surface area contributed by atoms with Gasteiger partial charge in [-0.05, 0) is 66.5 Å². The van der Waals surface area contributed by atoms with Gasteiger partial charge in [0.05, 0.1) is 12.6 Å². The van der Waals surface area contributed by atoms with Crippen LogP contribution >= 0.6 is 27.3 Å². The second-order valence-electron chi connectivity index (χ2n) is 4.94. The van der Waals surface area contributed by atoms with Crippen LogP contribution in [-0.2, 0) is 0 Å². The van der Waals surface area contributed by atoms with Crippen molar-refractivity contribution < 1.29 is 4.74 Å². The molecule has 2 aromatic rings. The van der Waals surface area contributed by atoms with Crippen LogP contribution in [0.4, 0.5) is 0 Å². The van der Waals surface area contributed by atoms with Gasteiger partial charge in [0.1, 0.15) is 5.75 Å². The number of benzene rings is 1. The maximum absolute atomic E-state index is 5.53. The molecule has 1 heterocycles. The summed E-state index contributed by atoms with van der Waals surface area (Å²) in [7, 11) is 0. The first-order valence-electron chi connectivity index (χ1n) is 7.37. The number of thiophene rings is 1. The Morgan fingerprint density at radius 1 is 1.24 bits per heavy atom. The molecule has 4 heteroatoms. The summed E-state index contributed by atoms with van der Waals surface area (Å²) in [5.41, 5.74) is 1.28. The van der Waals surface area contributed by atoms with Crippen molar-refractivity contribution in [2.75, 3.05) is 13.2 Å². The van der Waals surface area contributed by atoms with Gasteiger partial charge in [-0.15, -0.1) is 11.3 Å². The highest BCUT2D eigenvalue weighted by atomic mass is 79.9. The van der Waals surface area contributed by atoms with E-state index in [-0.39, 0.29) is 6.04 Å². The summed E-state index contributed by atoms with van der Waals surface area (Å²) in [5, 5.41) is 3.64. The Bertz CT molecular complexity index is 545. The first kappa shape index (κ1) is 16.5. The zero-order valence-electron chi connectivity index (χ0n) is 12.8. The molecule has 2 nitrogen and oxygen atoms in total. The molecule has 0 amide bonds. The summed E-state index contributed by atoms with van der Waals surface area (Å²) in [6.07, 6.45) is 1.12. The lowest BCUT2D eigenvalue weighted by atomic mass is 10.0. The van der Waals surface area contributed by atoms with E-state index in [9.17, 15) is 0 Å². The molecule has 0 spiro atoms. The molecule has 0 aliphatic carbocycles. The summed E-state index contributed by atoms with van der Waals surface area (Å²) < 4.78 is 6.72. The maximum atomic E-state index is 5.53. The lowest BCUT2D eigenvalue weighted by molar-refractivity contribution is 0.340.